The molecular weight excluding hydrogens is 292 g/mol. The van der Waals surface area contributed by atoms with Crippen LogP contribution in [0, 0.1) is 0 Å². The van der Waals surface area contributed by atoms with Gasteiger partial charge in [-0.05, 0) is 44.0 Å². The number of likely N-dealkylation sites (N-methyl/N-ethyl adjacent to an activating group) is 1. The molecule has 0 aliphatic rings. The summed E-state index contributed by atoms with van der Waals surface area (Å²) in [5.74, 6) is 0.143. The van der Waals surface area contributed by atoms with Crippen molar-refractivity contribution < 1.29 is 4.79 Å². The number of nitrogens with one attached hydrogen (secondary N) is 1. The average molecular weight is 313 g/mol. The molecule has 0 saturated carbocycles. The van der Waals surface area contributed by atoms with Crippen LogP contribution in [0.4, 0.5) is 5.69 Å². The Bertz CT molecular complexity index is 403. The van der Waals surface area contributed by atoms with Crippen molar-refractivity contribution in [2.75, 3.05) is 25.0 Å². The summed E-state index contributed by atoms with van der Waals surface area (Å²) in [7, 11) is 0. The van der Waals surface area contributed by atoms with Gasteiger partial charge in [-0.3, -0.25) is 4.79 Å². The molecule has 0 saturated heterocycles. The molecule has 1 amide bonds. The number of benzene rings is 1. The first kappa shape index (κ1) is 15.0. The number of rotatable bonds is 6. The molecule has 0 spiro atoms. The van der Waals surface area contributed by atoms with Gasteiger partial charge in [0.05, 0.1) is 6.54 Å². The van der Waals surface area contributed by atoms with Crippen LogP contribution in [-0.2, 0) is 11.2 Å². The Hall–Kier alpha value is -1.03. The number of halogens is 1. The van der Waals surface area contributed by atoms with E-state index >= 15 is 0 Å². The smallest absolute Gasteiger partial charge is 0.241 e. The maximum Gasteiger partial charge on any atom is 0.241 e. The quantitative estimate of drug-likeness (QED) is 0.874. The van der Waals surface area contributed by atoms with E-state index in [0.29, 0.717) is 6.54 Å². The van der Waals surface area contributed by atoms with Crippen molar-refractivity contribution in [3.8, 4) is 0 Å². The standard InChI is InChI=1S/C14H21BrN2O/c1-4-11-9-12(15)7-8-13(11)16-10-14(18)17(5-2)6-3/h7-9,16H,4-6,10H2,1-3H3. The topological polar surface area (TPSA) is 32.3 Å². The van der Waals surface area contributed by atoms with Gasteiger partial charge >= 0.3 is 0 Å². The van der Waals surface area contributed by atoms with Gasteiger partial charge < -0.3 is 10.2 Å². The summed E-state index contributed by atoms with van der Waals surface area (Å²) in [5.41, 5.74) is 2.26. The molecule has 0 unspecified atom stereocenters. The van der Waals surface area contributed by atoms with Gasteiger partial charge in [0.2, 0.25) is 5.91 Å². The van der Waals surface area contributed by atoms with Crippen molar-refractivity contribution in [2.45, 2.75) is 27.2 Å². The van der Waals surface area contributed by atoms with E-state index in [1.54, 1.807) is 0 Å². The lowest BCUT2D eigenvalue weighted by molar-refractivity contribution is -0.128. The average Bonchev–Trinajstić information content (AvgIpc) is 2.38. The zero-order valence-corrected chi connectivity index (χ0v) is 12.9. The molecule has 1 rings (SSSR count). The molecule has 0 aromatic heterocycles. The van der Waals surface area contributed by atoms with Crippen LogP contribution in [0.25, 0.3) is 0 Å². The number of aryl methyl sites for hydroxylation is 1. The third-order valence-electron chi connectivity index (χ3n) is 2.99. The van der Waals surface area contributed by atoms with Crippen molar-refractivity contribution in [1.82, 2.24) is 4.90 Å². The molecule has 18 heavy (non-hydrogen) atoms. The monoisotopic (exact) mass is 312 g/mol. The fourth-order valence-corrected chi connectivity index (χ4v) is 2.29. The number of amides is 1. The predicted molar refractivity (Wildman–Crippen MR) is 79.9 cm³/mol. The highest BCUT2D eigenvalue weighted by Gasteiger charge is 2.09. The lowest BCUT2D eigenvalue weighted by Crippen LogP contribution is -2.35. The normalized spacial score (nSPS) is 10.2. The lowest BCUT2D eigenvalue weighted by Gasteiger charge is -2.19. The zero-order valence-electron chi connectivity index (χ0n) is 11.3. The molecule has 0 bridgehead atoms. The summed E-state index contributed by atoms with van der Waals surface area (Å²) >= 11 is 3.46. The fraction of sp³-hybridized carbons (Fsp3) is 0.500. The van der Waals surface area contributed by atoms with Crippen molar-refractivity contribution in [3.63, 3.8) is 0 Å². The highest BCUT2D eigenvalue weighted by Crippen LogP contribution is 2.21. The van der Waals surface area contributed by atoms with E-state index in [0.717, 1.165) is 29.7 Å². The number of anilines is 1. The van der Waals surface area contributed by atoms with Gasteiger partial charge in [0.25, 0.3) is 0 Å². The molecule has 1 aromatic rings. The largest absolute Gasteiger partial charge is 0.376 e. The Morgan fingerprint density at radius 2 is 1.94 bits per heavy atom. The van der Waals surface area contributed by atoms with Crippen LogP contribution >= 0.6 is 15.9 Å². The number of hydrogen-bond donors (Lipinski definition) is 1. The molecule has 0 heterocycles. The van der Waals surface area contributed by atoms with E-state index in [1.807, 2.05) is 30.9 Å². The molecule has 0 atom stereocenters. The van der Waals surface area contributed by atoms with Crippen molar-refractivity contribution in [2.24, 2.45) is 0 Å². The highest BCUT2D eigenvalue weighted by molar-refractivity contribution is 9.10. The van der Waals surface area contributed by atoms with Gasteiger partial charge in [-0.1, -0.05) is 22.9 Å². The van der Waals surface area contributed by atoms with Crippen LogP contribution in [0.5, 0.6) is 0 Å². The molecular formula is C14H21BrN2O. The van der Waals surface area contributed by atoms with Gasteiger partial charge in [-0.2, -0.15) is 0 Å². The Morgan fingerprint density at radius 3 is 2.50 bits per heavy atom. The van der Waals surface area contributed by atoms with Crippen LogP contribution in [0.15, 0.2) is 22.7 Å². The van der Waals surface area contributed by atoms with Crippen molar-refractivity contribution in [3.05, 3.63) is 28.2 Å². The van der Waals surface area contributed by atoms with Crippen LogP contribution in [0.3, 0.4) is 0 Å². The highest BCUT2D eigenvalue weighted by atomic mass is 79.9. The summed E-state index contributed by atoms with van der Waals surface area (Å²) < 4.78 is 1.07. The molecule has 3 nitrogen and oxygen atoms in total. The van der Waals surface area contributed by atoms with E-state index in [1.165, 1.54) is 5.56 Å². The molecule has 1 N–H and O–H groups in total. The second-order valence-electron chi connectivity index (χ2n) is 4.07. The van der Waals surface area contributed by atoms with Crippen LogP contribution < -0.4 is 5.32 Å². The third kappa shape index (κ3) is 4.02. The molecule has 0 aliphatic carbocycles. The molecule has 0 radical (unpaired) electrons. The SMILES string of the molecule is CCc1cc(Br)ccc1NCC(=O)N(CC)CC. The molecule has 4 heteroatoms. The Morgan fingerprint density at radius 1 is 1.28 bits per heavy atom. The van der Waals surface area contributed by atoms with Gasteiger partial charge in [-0.25, -0.2) is 0 Å². The van der Waals surface area contributed by atoms with E-state index in [2.05, 4.69) is 34.2 Å². The Labute approximate surface area is 118 Å². The van der Waals surface area contributed by atoms with E-state index in [9.17, 15) is 4.79 Å². The van der Waals surface area contributed by atoms with E-state index in [-0.39, 0.29) is 5.91 Å². The molecule has 1 aromatic carbocycles. The minimum Gasteiger partial charge on any atom is -0.376 e. The fourth-order valence-electron chi connectivity index (χ4n) is 1.89. The van der Waals surface area contributed by atoms with E-state index < -0.39 is 0 Å². The van der Waals surface area contributed by atoms with Crippen LogP contribution in [0.2, 0.25) is 0 Å². The molecule has 0 aliphatic heterocycles. The van der Waals surface area contributed by atoms with Gasteiger partial charge in [0.15, 0.2) is 0 Å². The molecule has 0 fully saturated rings. The second kappa shape index (κ2) is 7.41. The first-order valence-corrected chi connectivity index (χ1v) is 7.21. The number of hydrogen-bond acceptors (Lipinski definition) is 2. The Balaban J connectivity index is 2.66. The third-order valence-corrected chi connectivity index (χ3v) is 3.49. The van der Waals surface area contributed by atoms with Gasteiger partial charge in [0, 0.05) is 23.2 Å². The summed E-state index contributed by atoms with van der Waals surface area (Å²) in [6.45, 7) is 7.99. The van der Waals surface area contributed by atoms with Crippen LogP contribution in [-0.4, -0.2) is 30.4 Å². The summed E-state index contributed by atoms with van der Waals surface area (Å²) in [4.78, 5) is 13.7. The maximum atomic E-state index is 11.9. The maximum absolute atomic E-state index is 11.9. The van der Waals surface area contributed by atoms with Crippen molar-refractivity contribution in [1.29, 1.82) is 0 Å². The summed E-state index contributed by atoms with van der Waals surface area (Å²) in [5, 5.41) is 3.23. The predicted octanol–water partition coefficient (Wildman–Crippen LogP) is 3.29. The molecule has 100 valence electrons. The summed E-state index contributed by atoms with van der Waals surface area (Å²) in [6, 6.07) is 6.09. The number of carbonyl (C=O) groups is 1. The number of nitrogens with zero attached hydrogens (tertiary/aromatic N) is 1. The van der Waals surface area contributed by atoms with Crippen molar-refractivity contribution >= 4 is 27.5 Å². The summed E-state index contributed by atoms with van der Waals surface area (Å²) in [6.07, 6.45) is 0.946. The lowest BCUT2D eigenvalue weighted by atomic mass is 10.1. The Kier molecular flexibility index (Phi) is 6.19. The first-order valence-electron chi connectivity index (χ1n) is 6.42. The first-order chi connectivity index (χ1) is 8.62. The minimum atomic E-state index is 0.143. The number of carbonyl (C=O) groups excluding carboxylic acids is 1. The zero-order chi connectivity index (χ0) is 13.5. The van der Waals surface area contributed by atoms with E-state index in [4.69, 9.17) is 0 Å². The second-order valence-corrected chi connectivity index (χ2v) is 4.99. The van der Waals surface area contributed by atoms with Gasteiger partial charge in [0.1, 0.15) is 0 Å². The van der Waals surface area contributed by atoms with Crippen LogP contribution in [0.1, 0.15) is 26.3 Å². The van der Waals surface area contributed by atoms with Gasteiger partial charge in [-0.15, -0.1) is 0 Å². The minimum absolute atomic E-state index is 0.143.